The number of rotatable bonds is 0. The summed E-state index contributed by atoms with van der Waals surface area (Å²) in [6.45, 7) is 7.95. The van der Waals surface area contributed by atoms with Gasteiger partial charge < -0.3 is 5.73 Å². The van der Waals surface area contributed by atoms with Crippen LogP contribution in [0, 0.1) is 6.92 Å². The van der Waals surface area contributed by atoms with Crippen LogP contribution in [0.4, 0.5) is 5.82 Å². The summed E-state index contributed by atoms with van der Waals surface area (Å²) in [6.07, 6.45) is 0. The van der Waals surface area contributed by atoms with Crippen molar-refractivity contribution >= 4 is 17.4 Å². The third kappa shape index (κ3) is 1.41. The molecule has 1 aromatic rings. The van der Waals surface area contributed by atoms with Gasteiger partial charge in [0.15, 0.2) is 0 Å². The molecule has 0 aliphatic carbocycles. The minimum Gasteiger partial charge on any atom is -0.383 e. The molecular weight excluding hydrogens is 174 g/mol. The van der Waals surface area contributed by atoms with Crippen molar-refractivity contribution in [3.63, 3.8) is 0 Å². The second-order valence-corrected chi connectivity index (χ2v) is 4.25. The van der Waals surface area contributed by atoms with Crippen molar-refractivity contribution in [2.45, 2.75) is 33.2 Å². The Morgan fingerprint density at radius 3 is 2.08 bits per heavy atom. The van der Waals surface area contributed by atoms with E-state index in [1.54, 1.807) is 4.68 Å². The Labute approximate surface area is 77.5 Å². The highest BCUT2D eigenvalue weighted by Crippen LogP contribution is 2.27. The highest BCUT2D eigenvalue weighted by atomic mass is 35.5. The van der Waals surface area contributed by atoms with Crippen LogP contribution in [0.1, 0.15) is 26.5 Å². The van der Waals surface area contributed by atoms with Gasteiger partial charge >= 0.3 is 0 Å². The van der Waals surface area contributed by atoms with E-state index in [0.717, 1.165) is 5.69 Å². The van der Waals surface area contributed by atoms with E-state index >= 15 is 0 Å². The highest BCUT2D eigenvalue weighted by Gasteiger charge is 2.20. The van der Waals surface area contributed by atoms with Gasteiger partial charge in [-0.05, 0) is 27.7 Å². The number of nitrogens with zero attached hydrogens (tertiary/aromatic N) is 2. The number of halogens is 1. The van der Waals surface area contributed by atoms with Crippen molar-refractivity contribution in [1.82, 2.24) is 9.78 Å². The van der Waals surface area contributed by atoms with Crippen molar-refractivity contribution in [2.24, 2.45) is 0 Å². The smallest absolute Gasteiger partial charge is 0.141 e. The summed E-state index contributed by atoms with van der Waals surface area (Å²) in [4.78, 5) is 0. The van der Waals surface area contributed by atoms with E-state index in [1.807, 2.05) is 27.7 Å². The molecule has 1 aromatic heterocycles. The second-order valence-electron chi connectivity index (χ2n) is 3.87. The van der Waals surface area contributed by atoms with Crippen LogP contribution >= 0.6 is 11.6 Å². The van der Waals surface area contributed by atoms with E-state index in [-0.39, 0.29) is 5.54 Å². The summed E-state index contributed by atoms with van der Waals surface area (Å²) < 4.78 is 1.74. The maximum absolute atomic E-state index is 5.90. The fraction of sp³-hybridized carbons (Fsp3) is 0.625. The third-order valence-corrected chi connectivity index (χ3v) is 2.12. The van der Waals surface area contributed by atoms with Crippen LogP contribution < -0.4 is 5.73 Å². The van der Waals surface area contributed by atoms with Gasteiger partial charge in [-0.1, -0.05) is 11.6 Å². The molecule has 0 saturated carbocycles. The maximum atomic E-state index is 5.90. The standard InChI is InChI=1S/C8H14ClN3/c1-5-6(9)7(10)12(11-5)8(2,3)4/h10H2,1-4H3. The van der Waals surface area contributed by atoms with Crippen LogP contribution in [0.3, 0.4) is 0 Å². The zero-order valence-electron chi connectivity index (χ0n) is 7.85. The van der Waals surface area contributed by atoms with Gasteiger partial charge in [0.05, 0.1) is 11.2 Å². The fourth-order valence-corrected chi connectivity index (χ4v) is 1.16. The molecule has 1 rings (SSSR count). The Bertz CT molecular complexity index is 296. The van der Waals surface area contributed by atoms with Gasteiger partial charge in [0, 0.05) is 0 Å². The van der Waals surface area contributed by atoms with Gasteiger partial charge in [0.25, 0.3) is 0 Å². The lowest BCUT2D eigenvalue weighted by Gasteiger charge is -2.20. The number of hydrogen-bond donors (Lipinski definition) is 1. The molecular formula is C8H14ClN3. The summed E-state index contributed by atoms with van der Waals surface area (Å²) in [5, 5.41) is 4.80. The molecule has 0 amide bonds. The third-order valence-electron chi connectivity index (χ3n) is 1.66. The van der Waals surface area contributed by atoms with Crippen LogP contribution in [-0.4, -0.2) is 9.78 Å². The molecule has 1 heterocycles. The normalized spacial score (nSPS) is 12.1. The molecule has 0 aromatic carbocycles. The van der Waals surface area contributed by atoms with Crippen molar-refractivity contribution in [1.29, 1.82) is 0 Å². The fourth-order valence-electron chi connectivity index (χ4n) is 1.04. The van der Waals surface area contributed by atoms with Gasteiger partial charge in [-0.3, -0.25) is 0 Å². The molecule has 0 aliphatic rings. The Kier molecular flexibility index (Phi) is 2.08. The van der Waals surface area contributed by atoms with E-state index < -0.39 is 0 Å². The molecule has 12 heavy (non-hydrogen) atoms. The molecule has 0 atom stereocenters. The topological polar surface area (TPSA) is 43.8 Å². The van der Waals surface area contributed by atoms with E-state index in [1.165, 1.54) is 0 Å². The molecule has 68 valence electrons. The maximum Gasteiger partial charge on any atom is 0.141 e. The van der Waals surface area contributed by atoms with Crippen LogP contribution in [-0.2, 0) is 5.54 Å². The van der Waals surface area contributed by atoms with E-state index in [9.17, 15) is 0 Å². The van der Waals surface area contributed by atoms with Crippen molar-refractivity contribution in [3.8, 4) is 0 Å². The first kappa shape index (κ1) is 9.39. The first-order valence-electron chi connectivity index (χ1n) is 3.85. The molecule has 2 N–H and O–H groups in total. The summed E-state index contributed by atoms with van der Waals surface area (Å²) in [5.41, 5.74) is 6.43. The Balaban J connectivity index is 3.28. The summed E-state index contributed by atoms with van der Waals surface area (Å²) >= 11 is 5.90. The highest BCUT2D eigenvalue weighted by molar-refractivity contribution is 6.33. The van der Waals surface area contributed by atoms with Gasteiger partial charge in [0.2, 0.25) is 0 Å². The Morgan fingerprint density at radius 1 is 1.42 bits per heavy atom. The molecule has 3 nitrogen and oxygen atoms in total. The van der Waals surface area contributed by atoms with Gasteiger partial charge in [-0.2, -0.15) is 5.10 Å². The zero-order valence-corrected chi connectivity index (χ0v) is 8.61. The van der Waals surface area contributed by atoms with Crippen LogP contribution in [0.15, 0.2) is 0 Å². The Morgan fingerprint density at radius 2 is 1.92 bits per heavy atom. The lowest BCUT2D eigenvalue weighted by Crippen LogP contribution is -2.24. The number of nitrogens with two attached hydrogens (primary N) is 1. The molecule has 0 saturated heterocycles. The quantitative estimate of drug-likeness (QED) is 0.677. The van der Waals surface area contributed by atoms with Crippen molar-refractivity contribution < 1.29 is 0 Å². The van der Waals surface area contributed by atoms with Gasteiger partial charge in [-0.25, -0.2) is 4.68 Å². The van der Waals surface area contributed by atoms with Crippen molar-refractivity contribution in [3.05, 3.63) is 10.7 Å². The molecule has 0 fully saturated rings. The molecule has 0 spiro atoms. The summed E-state index contributed by atoms with van der Waals surface area (Å²) in [7, 11) is 0. The first-order valence-corrected chi connectivity index (χ1v) is 4.23. The predicted molar refractivity (Wildman–Crippen MR) is 51.4 cm³/mol. The SMILES string of the molecule is Cc1nn(C(C)(C)C)c(N)c1Cl. The number of nitrogen functional groups attached to an aromatic ring is 1. The predicted octanol–water partition coefficient (Wildman–Crippen LogP) is 2.18. The number of hydrogen-bond acceptors (Lipinski definition) is 2. The second kappa shape index (κ2) is 2.66. The van der Waals surface area contributed by atoms with E-state index in [2.05, 4.69) is 5.10 Å². The van der Waals surface area contributed by atoms with Crippen LogP contribution in [0.5, 0.6) is 0 Å². The molecule has 4 heteroatoms. The Hall–Kier alpha value is -0.700. The largest absolute Gasteiger partial charge is 0.383 e. The molecule has 0 bridgehead atoms. The average Bonchev–Trinajstić information content (AvgIpc) is 2.15. The average molecular weight is 188 g/mol. The van der Waals surface area contributed by atoms with Crippen LogP contribution in [0.25, 0.3) is 0 Å². The van der Waals surface area contributed by atoms with E-state index in [0.29, 0.717) is 10.8 Å². The summed E-state index contributed by atoms with van der Waals surface area (Å²) in [5.74, 6) is 0.543. The molecule has 0 unspecified atom stereocenters. The monoisotopic (exact) mass is 187 g/mol. The van der Waals surface area contributed by atoms with Crippen LogP contribution in [0.2, 0.25) is 5.02 Å². The van der Waals surface area contributed by atoms with Gasteiger partial charge in [0.1, 0.15) is 10.8 Å². The lowest BCUT2D eigenvalue weighted by molar-refractivity contribution is 0.360. The zero-order chi connectivity index (χ0) is 9.52. The summed E-state index contributed by atoms with van der Waals surface area (Å²) in [6, 6.07) is 0. The molecule has 0 aliphatic heterocycles. The number of aryl methyl sites for hydroxylation is 1. The number of anilines is 1. The minimum atomic E-state index is -0.109. The molecule has 0 radical (unpaired) electrons. The van der Waals surface area contributed by atoms with E-state index in [4.69, 9.17) is 17.3 Å². The van der Waals surface area contributed by atoms with Crippen molar-refractivity contribution in [2.75, 3.05) is 5.73 Å². The first-order chi connectivity index (χ1) is 5.34. The minimum absolute atomic E-state index is 0.109. The van der Waals surface area contributed by atoms with Gasteiger partial charge in [-0.15, -0.1) is 0 Å². The number of aromatic nitrogens is 2. The lowest BCUT2D eigenvalue weighted by atomic mass is 10.1.